The van der Waals surface area contributed by atoms with Crippen LogP contribution in [-0.2, 0) is 27.2 Å². The Morgan fingerprint density at radius 1 is 1.14 bits per heavy atom. The molecule has 0 aromatic heterocycles. The van der Waals surface area contributed by atoms with Gasteiger partial charge in [0.1, 0.15) is 11.9 Å². The maximum Gasteiger partial charge on any atom is 0.251 e. The van der Waals surface area contributed by atoms with Crippen LogP contribution >= 0.6 is 0 Å². The summed E-state index contributed by atoms with van der Waals surface area (Å²) in [5, 5.41) is 3.01. The lowest BCUT2D eigenvalue weighted by Crippen LogP contribution is -2.52. The number of amides is 2. The van der Waals surface area contributed by atoms with Crippen molar-refractivity contribution in [1.82, 2.24) is 9.80 Å². The zero-order valence-electron chi connectivity index (χ0n) is 16.5. The number of rotatable bonds is 5. The predicted molar refractivity (Wildman–Crippen MR) is 106 cm³/mol. The molecule has 2 saturated heterocycles. The van der Waals surface area contributed by atoms with Crippen molar-refractivity contribution in [3.05, 3.63) is 23.3 Å². The molecular formula is C21H29N3O4. The van der Waals surface area contributed by atoms with Gasteiger partial charge in [0.05, 0.1) is 19.3 Å². The Hall–Kier alpha value is -2.12. The molecule has 0 saturated carbocycles. The average Bonchev–Trinajstić information content (AvgIpc) is 3.39. The molecular weight excluding hydrogens is 358 g/mol. The van der Waals surface area contributed by atoms with Gasteiger partial charge in [-0.2, -0.15) is 0 Å². The third-order valence-electron chi connectivity index (χ3n) is 5.94. The van der Waals surface area contributed by atoms with Gasteiger partial charge in [-0.25, -0.2) is 0 Å². The second-order valence-electron chi connectivity index (χ2n) is 7.83. The van der Waals surface area contributed by atoms with Crippen LogP contribution in [0.1, 0.15) is 30.4 Å². The highest BCUT2D eigenvalue weighted by Crippen LogP contribution is 2.33. The van der Waals surface area contributed by atoms with Crippen molar-refractivity contribution in [3.63, 3.8) is 0 Å². The van der Waals surface area contributed by atoms with Crippen molar-refractivity contribution in [1.29, 1.82) is 0 Å². The molecule has 1 aromatic rings. The number of nitrogens with one attached hydrogen (secondary N) is 1. The lowest BCUT2D eigenvalue weighted by Gasteiger charge is -2.35. The molecule has 2 heterocycles. The summed E-state index contributed by atoms with van der Waals surface area (Å²) in [6.07, 6.45) is 4.82. The molecule has 3 aliphatic rings. The number of nitrogens with zero attached hydrogens (tertiary/aromatic N) is 2. The number of carbonyl (C=O) groups is 2. The minimum Gasteiger partial charge on any atom is -0.495 e. The summed E-state index contributed by atoms with van der Waals surface area (Å²) < 4.78 is 11.0. The molecule has 1 unspecified atom stereocenters. The van der Waals surface area contributed by atoms with E-state index in [4.69, 9.17) is 9.47 Å². The molecule has 7 nitrogen and oxygen atoms in total. The molecule has 2 aliphatic heterocycles. The van der Waals surface area contributed by atoms with Crippen LogP contribution in [0, 0.1) is 0 Å². The Morgan fingerprint density at radius 3 is 2.57 bits per heavy atom. The van der Waals surface area contributed by atoms with Crippen molar-refractivity contribution in [2.24, 2.45) is 0 Å². The number of carbonyl (C=O) groups excluding carboxylic acids is 2. The molecule has 0 spiro atoms. The first kappa shape index (κ1) is 19.2. The van der Waals surface area contributed by atoms with Crippen molar-refractivity contribution < 1.29 is 19.1 Å². The minimum atomic E-state index is -0.262. The van der Waals surface area contributed by atoms with Crippen LogP contribution in [0.15, 0.2) is 12.1 Å². The summed E-state index contributed by atoms with van der Waals surface area (Å²) in [5.41, 5.74) is 3.37. The number of ether oxygens (including phenoxy) is 2. The predicted octanol–water partition coefficient (Wildman–Crippen LogP) is 1.45. The Balaban J connectivity index is 1.29. The Bertz CT molecular complexity index is 737. The van der Waals surface area contributed by atoms with E-state index in [0.29, 0.717) is 39.3 Å². The van der Waals surface area contributed by atoms with Crippen LogP contribution in [0.2, 0.25) is 0 Å². The number of methoxy groups -OCH3 is 1. The monoisotopic (exact) mass is 387 g/mol. The lowest BCUT2D eigenvalue weighted by molar-refractivity contribution is -0.142. The zero-order chi connectivity index (χ0) is 19.5. The van der Waals surface area contributed by atoms with Crippen LogP contribution in [0.5, 0.6) is 5.75 Å². The van der Waals surface area contributed by atoms with E-state index in [-0.39, 0.29) is 17.9 Å². The molecule has 0 bridgehead atoms. The van der Waals surface area contributed by atoms with Gasteiger partial charge < -0.3 is 19.7 Å². The van der Waals surface area contributed by atoms with Gasteiger partial charge in [-0.3, -0.25) is 14.5 Å². The van der Waals surface area contributed by atoms with E-state index in [2.05, 4.69) is 16.3 Å². The largest absolute Gasteiger partial charge is 0.495 e. The topological polar surface area (TPSA) is 71.1 Å². The van der Waals surface area contributed by atoms with E-state index in [1.54, 1.807) is 7.11 Å². The van der Waals surface area contributed by atoms with E-state index < -0.39 is 0 Å². The van der Waals surface area contributed by atoms with Crippen molar-refractivity contribution in [2.75, 3.05) is 51.8 Å². The third-order valence-corrected chi connectivity index (χ3v) is 5.94. The Labute approximate surface area is 166 Å². The summed E-state index contributed by atoms with van der Waals surface area (Å²) in [6, 6.07) is 4.10. The van der Waals surface area contributed by atoms with E-state index in [1.165, 1.54) is 11.1 Å². The number of aryl methyl sites for hydroxylation is 2. The average molecular weight is 387 g/mol. The second kappa shape index (κ2) is 8.49. The van der Waals surface area contributed by atoms with Gasteiger partial charge in [-0.1, -0.05) is 0 Å². The van der Waals surface area contributed by atoms with Crippen molar-refractivity contribution in [3.8, 4) is 5.75 Å². The first-order valence-corrected chi connectivity index (χ1v) is 10.3. The third kappa shape index (κ3) is 4.15. The fraction of sp³-hybridized carbons (Fsp3) is 0.619. The summed E-state index contributed by atoms with van der Waals surface area (Å²) in [6.45, 7) is 3.70. The number of benzene rings is 1. The molecule has 1 aromatic carbocycles. The van der Waals surface area contributed by atoms with Crippen LogP contribution < -0.4 is 10.1 Å². The molecule has 28 heavy (non-hydrogen) atoms. The fourth-order valence-corrected chi connectivity index (χ4v) is 4.36. The Morgan fingerprint density at radius 2 is 1.89 bits per heavy atom. The van der Waals surface area contributed by atoms with Gasteiger partial charge in [0.2, 0.25) is 5.91 Å². The fourth-order valence-electron chi connectivity index (χ4n) is 4.36. The first-order valence-electron chi connectivity index (χ1n) is 10.3. The highest BCUT2D eigenvalue weighted by atomic mass is 16.5. The van der Waals surface area contributed by atoms with Gasteiger partial charge in [-0.05, 0) is 55.4 Å². The first-order chi connectivity index (χ1) is 13.6. The van der Waals surface area contributed by atoms with Crippen LogP contribution in [-0.4, -0.2) is 74.2 Å². The van der Waals surface area contributed by atoms with Gasteiger partial charge in [0, 0.05) is 32.8 Å². The minimum absolute atomic E-state index is 0.0462. The van der Waals surface area contributed by atoms with Gasteiger partial charge >= 0.3 is 0 Å². The Kier molecular flexibility index (Phi) is 5.82. The molecule has 1 N–H and O–H groups in total. The van der Waals surface area contributed by atoms with Gasteiger partial charge in [-0.15, -0.1) is 0 Å². The molecule has 1 atom stereocenters. The quantitative estimate of drug-likeness (QED) is 0.828. The summed E-state index contributed by atoms with van der Waals surface area (Å²) in [4.78, 5) is 28.9. The maximum atomic E-state index is 12.6. The number of fused-ring (bicyclic) bond motifs is 1. The van der Waals surface area contributed by atoms with E-state index in [1.807, 2.05) is 11.0 Å². The number of anilines is 1. The van der Waals surface area contributed by atoms with Crippen LogP contribution in [0.4, 0.5) is 5.69 Å². The second-order valence-corrected chi connectivity index (χ2v) is 7.83. The highest BCUT2D eigenvalue weighted by Gasteiger charge is 2.30. The smallest absolute Gasteiger partial charge is 0.251 e. The zero-order valence-corrected chi connectivity index (χ0v) is 16.5. The van der Waals surface area contributed by atoms with Gasteiger partial charge in [0.25, 0.3) is 5.91 Å². The SMILES string of the molecule is COc1cc2c(cc1NC(=O)CN1CCN(C(=O)C3CCCO3)CC1)CCC2. The van der Waals surface area contributed by atoms with E-state index in [9.17, 15) is 9.59 Å². The highest BCUT2D eigenvalue weighted by molar-refractivity contribution is 5.94. The van der Waals surface area contributed by atoms with Crippen molar-refractivity contribution in [2.45, 2.75) is 38.2 Å². The molecule has 2 amide bonds. The lowest BCUT2D eigenvalue weighted by atomic mass is 10.1. The van der Waals surface area contributed by atoms with E-state index >= 15 is 0 Å². The summed E-state index contributed by atoms with van der Waals surface area (Å²) >= 11 is 0. The molecule has 2 fully saturated rings. The maximum absolute atomic E-state index is 12.6. The van der Waals surface area contributed by atoms with Gasteiger partial charge in [0.15, 0.2) is 0 Å². The van der Waals surface area contributed by atoms with Crippen LogP contribution in [0.3, 0.4) is 0 Å². The molecule has 7 heteroatoms. The molecule has 152 valence electrons. The standard InChI is InChI=1S/C21H29N3O4/c1-27-19-13-16-5-2-4-15(16)12-17(19)22-20(25)14-23-7-9-24(10-8-23)21(26)18-6-3-11-28-18/h12-13,18H,2-11,14H2,1H3,(H,22,25). The molecule has 0 radical (unpaired) electrons. The number of piperazine rings is 1. The molecule has 4 rings (SSSR count). The summed E-state index contributed by atoms with van der Waals surface area (Å²) in [5.74, 6) is 0.778. The van der Waals surface area contributed by atoms with Crippen LogP contribution in [0.25, 0.3) is 0 Å². The molecule has 1 aliphatic carbocycles. The summed E-state index contributed by atoms with van der Waals surface area (Å²) in [7, 11) is 1.64. The van der Waals surface area contributed by atoms with Crippen molar-refractivity contribution >= 4 is 17.5 Å². The van der Waals surface area contributed by atoms with E-state index in [0.717, 1.165) is 43.5 Å². The number of hydrogen-bond donors (Lipinski definition) is 1. The number of hydrogen-bond acceptors (Lipinski definition) is 5. The normalized spacial score (nSPS) is 22.2.